The van der Waals surface area contributed by atoms with Crippen molar-refractivity contribution in [2.75, 3.05) is 6.54 Å². The molecule has 0 unspecified atom stereocenters. The van der Waals surface area contributed by atoms with E-state index in [2.05, 4.69) is 15.6 Å². The highest BCUT2D eigenvalue weighted by atomic mass is 32.1. The first-order valence-electron chi connectivity index (χ1n) is 4.29. The maximum atomic E-state index is 11.1. The Labute approximate surface area is 90.3 Å². The molecule has 0 saturated heterocycles. The second-order valence-electron chi connectivity index (χ2n) is 2.73. The van der Waals surface area contributed by atoms with Crippen molar-refractivity contribution < 1.29 is 14.7 Å². The molecule has 0 fully saturated rings. The standard InChI is InChI=1S/C8H11N3O3S/c12-7(13)1-2-9-8(14)10-3-6-4-15-5-11-6/h4-5H,1-3H2,(H,12,13)(H2,9,10,14). The Balaban J connectivity index is 2.11. The van der Waals surface area contributed by atoms with Crippen molar-refractivity contribution in [3.05, 3.63) is 16.6 Å². The molecular weight excluding hydrogens is 218 g/mol. The number of rotatable bonds is 5. The van der Waals surface area contributed by atoms with E-state index in [9.17, 15) is 9.59 Å². The zero-order chi connectivity index (χ0) is 11.1. The third-order valence-corrected chi connectivity index (χ3v) is 2.17. The van der Waals surface area contributed by atoms with Gasteiger partial charge in [-0.15, -0.1) is 11.3 Å². The second-order valence-corrected chi connectivity index (χ2v) is 3.45. The summed E-state index contributed by atoms with van der Waals surface area (Å²) in [5.74, 6) is -0.935. The van der Waals surface area contributed by atoms with E-state index in [-0.39, 0.29) is 19.0 Å². The number of hydrogen-bond donors (Lipinski definition) is 3. The SMILES string of the molecule is O=C(O)CCNC(=O)NCc1cscn1. The molecule has 1 aromatic heterocycles. The molecule has 0 radical (unpaired) electrons. The Hall–Kier alpha value is -1.63. The summed E-state index contributed by atoms with van der Waals surface area (Å²) < 4.78 is 0. The molecule has 82 valence electrons. The third kappa shape index (κ3) is 4.96. The van der Waals surface area contributed by atoms with Crippen LogP contribution in [0.3, 0.4) is 0 Å². The lowest BCUT2D eigenvalue weighted by atomic mass is 10.4. The molecule has 0 aliphatic rings. The third-order valence-electron chi connectivity index (χ3n) is 1.54. The molecule has 6 nitrogen and oxygen atoms in total. The number of aromatic nitrogens is 1. The highest BCUT2D eigenvalue weighted by Crippen LogP contribution is 1.99. The Kier molecular flexibility index (Phi) is 4.55. The van der Waals surface area contributed by atoms with Crippen molar-refractivity contribution in [1.82, 2.24) is 15.6 Å². The van der Waals surface area contributed by atoms with E-state index >= 15 is 0 Å². The Bertz CT molecular complexity index is 326. The number of carboxylic acid groups (broad SMARTS) is 1. The zero-order valence-electron chi connectivity index (χ0n) is 7.90. The molecule has 1 aromatic rings. The molecule has 15 heavy (non-hydrogen) atoms. The number of carbonyl (C=O) groups excluding carboxylic acids is 1. The van der Waals surface area contributed by atoms with Crippen molar-refractivity contribution in [1.29, 1.82) is 0 Å². The predicted molar refractivity (Wildman–Crippen MR) is 54.6 cm³/mol. The van der Waals surface area contributed by atoms with E-state index in [1.54, 1.807) is 5.51 Å². The van der Waals surface area contributed by atoms with Crippen molar-refractivity contribution in [2.24, 2.45) is 0 Å². The van der Waals surface area contributed by atoms with E-state index in [1.165, 1.54) is 11.3 Å². The number of carboxylic acids is 1. The largest absolute Gasteiger partial charge is 0.481 e. The molecule has 2 amide bonds. The molecule has 1 heterocycles. The van der Waals surface area contributed by atoms with Gasteiger partial charge in [0, 0.05) is 11.9 Å². The Morgan fingerprint density at radius 1 is 1.47 bits per heavy atom. The van der Waals surface area contributed by atoms with Crippen molar-refractivity contribution >= 4 is 23.3 Å². The first kappa shape index (κ1) is 11.4. The number of aliphatic carboxylic acids is 1. The molecule has 0 atom stereocenters. The number of urea groups is 1. The van der Waals surface area contributed by atoms with Gasteiger partial charge in [-0.3, -0.25) is 4.79 Å². The van der Waals surface area contributed by atoms with Crippen LogP contribution in [0.5, 0.6) is 0 Å². The van der Waals surface area contributed by atoms with Crippen molar-refractivity contribution in [3.63, 3.8) is 0 Å². The monoisotopic (exact) mass is 229 g/mol. The molecule has 1 rings (SSSR count). The van der Waals surface area contributed by atoms with Gasteiger partial charge in [0.25, 0.3) is 0 Å². The summed E-state index contributed by atoms with van der Waals surface area (Å²) in [5.41, 5.74) is 2.47. The molecule has 0 saturated carbocycles. The van der Waals surface area contributed by atoms with Gasteiger partial charge in [0.15, 0.2) is 0 Å². The fourth-order valence-electron chi connectivity index (χ4n) is 0.841. The topological polar surface area (TPSA) is 91.3 Å². The second kappa shape index (κ2) is 5.97. The van der Waals surface area contributed by atoms with Crippen LogP contribution in [0, 0.1) is 0 Å². The van der Waals surface area contributed by atoms with Crippen LogP contribution in [-0.2, 0) is 11.3 Å². The number of carbonyl (C=O) groups is 2. The lowest BCUT2D eigenvalue weighted by Gasteiger charge is -2.04. The van der Waals surface area contributed by atoms with E-state index in [4.69, 9.17) is 5.11 Å². The summed E-state index contributed by atoms with van der Waals surface area (Å²) in [5, 5.41) is 15.1. The van der Waals surface area contributed by atoms with Crippen LogP contribution < -0.4 is 10.6 Å². The predicted octanol–water partition coefficient (Wildman–Crippen LogP) is 0.417. The average Bonchev–Trinajstić information content (AvgIpc) is 2.66. The number of hydrogen-bond acceptors (Lipinski definition) is 4. The van der Waals surface area contributed by atoms with E-state index < -0.39 is 5.97 Å². The minimum Gasteiger partial charge on any atom is -0.481 e. The van der Waals surface area contributed by atoms with Crippen molar-refractivity contribution in [2.45, 2.75) is 13.0 Å². The van der Waals surface area contributed by atoms with Gasteiger partial charge in [-0.25, -0.2) is 9.78 Å². The quantitative estimate of drug-likeness (QED) is 0.682. The smallest absolute Gasteiger partial charge is 0.315 e. The Morgan fingerprint density at radius 2 is 2.27 bits per heavy atom. The molecule has 0 aliphatic heterocycles. The van der Waals surface area contributed by atoms with Gasteiger partial charge in [0.2, 0.25) is 0 Å². The maximum Gasteiger partial charge on any atom is 0.315 e. The zero-order valence-corrected chi connectivity index (χ0v) is 8.71. The highest BCUT2D eigenvalue weighted by molar-refractivity contribution is 7.07. The number of nitrogens with zero attached hydrogens (tertiary/aromatic N) is 1. The summed E-state index contributed by atoms with van der Waals surface area (Å²) in [7, 11) is 0. The summed E-state index contributed by atoms with van der Waals surface area (Å²) in [6, 6.07) is -0.385. The van der Waals surface area contributed by atoms with Gasteiger partial charge in [-0.2, -0.15) is 0 Å². The summed E-state index contributed by atoms with van der Waals surface area (Å²) in [4.78, 5) is 25.2. The van der Waals surface area contributed by atoms with Crippen LogP contribution in [0.2, 0.25) is 0 Å². The van der Waals surface area contributed by atoms with Crippen LogP contribution in [0.25, 0.3) is 0 Å². The summed E-state index contributed by atoms with van der Waals surface area (Å²) in [6.07, 6.45) is -0.0792. The van der Waals surface area contributed by atoms with Crippen LogP contribution >= 0.6 is 11.3 Å². The van der Waals surface area contributed by atoms with E-state index in [0.717, 1.165) is 5.69 Å². The number of nitrogens with one attached hydrogen (secondary N) is 2. The molecule has 7 heteroatoms. The van der Waals surface area contributed by atoms with Crippen LogP contribution in [0.4, 0.5) is 4.79 Å². The molecule has 3 N–H and O–H groups in total. The van der Waals surface area contributed by atoms with Crippen LogP contribution in [-0.4, -0.2) is 28.6 Å². The molecule has 0 aromatic carbocycles. The van der Waals surface area contributed by atoms with E-state index in [0.29, 0.717) is 6.54 Å². The van der Waals surface area contributed by atoms with Crippen LogP contribution in [0.15, 0.2) is 10.9 Å². The minimum absolute atomic E-state index is 0.0792. The molecule has 0 aliphatic carbocycles. The normalized spacial score (nSPS) is 9.60. The molecule has 0 bridgehead atoms. The first-order valence-corrected chi connectivity index (χ1v) is 5.23. The van der Waals surface area contributed by atoms with Gasteiger partial charge < -0.3 is 15.7 Å². The number of amides is 2. The van der Waals surface area contributed by atoms with Gasteiger partial charge in [-0.05, 0) is 0 Å². The highest BCUT2D eigenvalue weighted by Gasteiger charge is 2.02. The van der Waals surface area contributed by atoms with Gasteiger partial charge in [0.1, 0.15) is 0 Å². The number of thiazole rings is 1. The molecular formula is C8H11N3O3S. The van der Waals surface area contributed by atoms with Crippen molar-refractivity contribution in [3.8, 4) is 0 Å². The maximum absolute atomic E-state index is 11.1. The van der Waals surface area contributed by atoms with Gasteiger partial charge >= 0.3 is 12.0 Å². The van der Waals surface area contributed by atoms with Gasteiger partial charge in [-0.1, -0.05) is 0 Å². The van der Waals surface area contributed by atoms with E-state index in [1.807, 2.05) is 5.38 Å². The summed E-state index contributed by atoms with van der Waals surface area (Å²) in [6.45, 7) is 0.473. The lowest BCUT2D eigenvalue weighted by molar-refractivity contribution is -0.136. The average molecular weight is 229 g/mol. The molecule has 0 spiro atoms. The van der Waals surface area contributed by atoms with Crippen LogP contribution in [0.1, 0.15) is 12.1 Å². The summed E-state index contributed by atoms with van der Waals surface area (Å²) >= 11 is 1.45. The Morgan fingerprint density at radius 3 is 2.87 bits per heavy atom. The van der Waals surface area contributed by atoms with Gasteiger partial charge in [0.05, 0.1) is 24.2 Å². The fourth-order valence-corrected chi connectivity index (χ4v) is 1.40. The minimum atomic E-state index is -0.935. The lowest BCUT2D eigenvalue weighted by Crippen LogP contribution is -2.36. The fraction of sp³-hybridized carbons (Fsp3) is 0.375. The first-order chi connectivity index (χ1) is 7.18.